The van der Waals surface area contributed by atoms with Crippen LogP contribution in [0.2, 0.25) is 0 Å². The summed E-state index contributed by atoms with van der Waals surface area (Å²) >= 11 is 0. The molecule has 2 unspecified atom stereocenters. The van der Waals surface area contributed by atoms with E-state index in [1.54, 1.807) is 0 Å². The first kappa shape index (κ1) is 17.0. The summed E-state index contributed by atoms with van der Waals surface area (Å²) in [5.74, 6) is 0.705. The van der Waals surface area contributed by atoms with Gasteiger partial charge in [-0.05, 0) is 36.9 Å². The maximum Gasteiger partial charge on any atom is 0.224 e. The number of carbonyl (C=O) groups is 1. The molecule has 112 valence electrons. The molecule has 1 aliphatic rings. The van der Waals surface area contributed by atoms with E-state index in [9.17, 15) is 4.79 Å². The van der Waals surface area contributed by atoms with E-state index in [4.69, 9.17) is 0 Å². The van der Waals surface area contributed by atoms with Gasteiger partial charge in [-0.25, -0.2) is 0 Å². The highest BCUT2D eigenvalue weighted by molar-refractivity contribution is 5.85. The maximum absolute atomic E-state index is 12.3. The lowest BCUT2D eigenvalue weighted by Crippen LogP contribution is -2.37. The molecule has 3 nitrogen and oxygen atoms in total. The summed E-state index contributed by atoms with van der Waals surface area (Å²) in [6.45, 7) is 8.18. The van der Waals surface area contributed by atoms with E-state index in [0.717, 1.165) is 19.5 Å². The van der Waals surface area contributed by atoms with Crippen LogP contribution in [0.5, 0.6) is 0 Å². The van der Waals surface area contributed by atoms with E-state index in [1.807, 2.05) is 12.1 Å². The van der Waals surface area contributed by atoms with Crippen molar-refractivity contribution >= 4 is 18.3 Å². The highest BCUT2D eigenvalue weighted by Gasteiger charge is 2.26. The topological polar surface area (TPSA) is 41.1 Å². The quantitative estimate of drug-likeness (QED) is 0.897. The predicted octanol–water partition coefficient (Wildman–Crippen LogP) is 2.84. The standard InChI is InChI=1S/C16H24N2O.ClH/c1-11(2)15(14-7-5-4-6-12(14)3)18-16(19)13-8-9-17-10-13;/h4-7,11,13,15,17H,8-10H2,1-3H3,(H,18,19);1H. The normalized spacial score (nSPS) is 19.5. The molecule has 0 spiro atoms. The largest absolute Gasteiger partial charge is 0.349 e. The van der Waals surface area contributed by atoms with Crippen LogP contribution in [0.1, 0.15) is 37.4 Å². The lowest BCUT2D eigenvalue weighted by Gasteiger charge is -2.26. The van der Waals surface area contributed by atoms with E-state index >= 15 is 0 Å². The van der Waals surface area contributed by atoms with Crippen molar-refractivity contribution in [1.29, 1.82) is 0 Å². The van der Waals surface area contributed by atoms with Crippen LogP contribution < -0.4 is 10.6 Å². The average molecular weight is 297 g/mol. The van der Waals surface area contributed by atoms with Crippen LogP contribution >= 0.6 is 12.4 Å². The Morgan fingerprint density at radius 3 is 2.60 bits per heavy atom. The molecule has 1 aromatic rings. The van der Waals surface area contributed by atoms with E-state index in [1.165, 1.54) is 11.1 Å². The molecule has 0 bridgehead atoms. The fraction of sp³-hybridized carbons (Fsp3) is 0.562. The van der Waals surface area contributed by atoms with E-state index < -0.39 is 0 Å². The van der Waals surface area contributed by atoms with Gasteiger partial charge in [-0.2, -0.15) is 0 Å². The van der Waals surface area contributed by atoms with Gasteiger partial charge in [-0.3, -0.25) is 4.79 Å². The Morgan fingerprint density at radius 1 is 1.35 bits per heavy atom. The zero-order valence-corrected chi connectivity index (χ0v) is 13.3. The smallest absolute Gasteiger partial charge is 0.224 e. The van der Waals surface area contributed by atoms with Crippen molar-refractivity contribution in [3.8, 4) is 0 Å². The van der Waals surface area contributed by atoms with E-state index in [0.29, 0.717) is 5.92 Å². The van der Waals surface area contributed by atoms with Crippen molar-refractivity contribution in [3.63, 3.8) is 0 Å². The molecule has 1 saturated heterocycles. The first-order valence-electron chi connectivity index (χ1n) is 7.16. The molecule has 1 aromatic carbocycles. The molecule has 1 aliphatic heterocycles. The highest BCUT2D eigenvalue weighted by Crippen LogP contribution is 2.25. The third-order valence-corrected chi connectivity index (χ3v) is 3.92. The summed E-state index contributed by atoms with van der Waals surface area (Å²) in [7, 11) is 0. The molecule has 2 atom stereocenters. The molecule has 2 rings (SSSR count). The van der Waals surface area contributed by atoms with Gasteiger partial charge in [0.15, 0.2) is 0 Å². The van der Waals surface area contributed by atoms with Gasteiger partial charge in [0.05, 0.1) is 12.0 Å². The second kappa shape index (κ2) is 7.65. The monoisotopic (exact) mass is 296 g/mol. The third kappa shape index (κ3) is 3.97. The molecule has 1 heterocycles. The summed E-state index contributed by atoms with van der Waals surface area (Å²) in [5, 5.41) is 6.48. The van der Waals surface area contributed by atoms with Crippen molar-refractivity contribution in [2.45, 2.75) is 33.2 Å². The second-order valence-corrected chi connectivity index (χ2v) is 5.78. The van der Waals surface area contributed by atoms with Gasteiger partial charge in [0.1, 0.15) is 0 Å². The third-order valence-electron chi connectivity index (χ3n) is 3.92. The molecule has 0 radical (unpaired) electrons. The Labute approximate surface area is 127 Å². The zero-order chi connectivity index (χ0) is 13.8. The summed E-state index contributed by atoms with van der Waals surface area (Å²) < 4.78 is 0. The summed E-state index contributed by atoms with van der Waals surface area (Å²) in [6, 6.07) is 8.41. The van der Waals surface area contributed by atoms with Gasteiger partial charge in [0.2, 0.25) is 5.91 Å². The Bertz CT molecular complexity index is 442. The van der Waals surface area contributed by atoms with Gasteiger partial charge in [0, 0.05) is 6.54 Å². The van der Waals surface area contributed by atoms with Crippen LogP contribution in [0.25, 0.3) is 0 Å². The van der Waals surface area contributed by atoms with Crippen molar-refractivity contribution in [2.24, 2.45) is 11.8 Å². The van der Waals surface area contributed by atoms with Gasteiger partial charge >= 0.3 is 0 Å². The predicted molar refractivity (Wildman–Crippen MR) is 85.1 cm³/mol. The molecule has 0 aliphatic carbocycles. The van der Waals surface area contributed by atoms with Crippen molar-refractivity contribution in [2.75, 3.05) is 13.1 Å². The lowest BCUT2D eigenvalue weighted by atomic mass is 9.92. The van der Waals surface area contributed by atoms with E-state index in [2.05, 4.69) is 43.5 Å². The number of benzene rings is 1. The molecule has 4 heteroatoms. The Hall–Kier alpha value is -1.06. The van der Waals surface area contributed by atoms with Crippen LogP contribution in [-0.4, -0.2) is 19.0 Å². The van der Waals surface area contributed by atoms with E-state index in [-0.39, 0.29) is 30.3 Å². The number of hydrogen-bond acceptors (Lipinski definition) is 2. The van der Waals surface area contributed by atoms with Crippen LogP contribution in [0, 0.1) is 18.8 Å². The van der Waals surface area contributed by atoms with Crippen molar-refractivity contribution < 1.29 is 4.79 Å². The average Bonchev–Trinajstić information content (AvgIpc) is 2.90. The Balaban J connectivity index is 0.00000200. The number of rotatable bonds is 4. The minimum atomic E-state index is 0. The van der Waals surface area contributed by atoms with Gasteiger partial charge in [0.25, 0.3) is 0 Å². The van der Waals surface area contributed by atoms with Crippen LogP contribution in [0.4, 0.5) is 0 Å². The lowest BCUT2D eigenvalue weighted by molar-refractivity contribution is -0.125. The first-order chi connectivity index (χ1) is 9.09. The number of nitrogens with one attached hydrogen (secondary N) is 2. The Morgan fingerprint density at radius 2 is 2.05 bits per heavy atom. The number of hydrogen-bond donors (Lipinski definition) is 2. The van der Waals surface area contributed by atoms with Gasteiger partial charge in [-0.15, -0.1) is 12.4 Å². The summed E-state index contributed by atoms with van der Waals surface area (Å²) in [6.07, 6.45) is 0.949. The molecule has 20 heavy (non-hydrogen) atoms. The molecule has 2 N–H and O–H groups in total. The number of carbonyl (C=O) groups excluding carboxylic acids is 1. The Kier molecular flexibility index (Phi) is 6.50. The number of halogens is 1. The van der Waals surface area contributed by atoms with Gasteiger partial charge < -0.3 is 10.6 Å². The van der Waals surface area contributed by atoms with Gasteiger partial charge in [-0.1, -0.05) is 38.1 Å². The summed E-state index contributed by atoms with van der Waals surface area (Å²) in [4.78, 5) is 12.3. The molecular formula is C16H25ClN2O. The minimum absolute atomic E-state index is 0. The van der Waals surface area contributed by atoms with Crippen LogP contribution in [0.3, 0.4) is 0 Å². The van der Waals surface area contributed by atoms with Crippen molar-refractivity contribution in [1.82, 2.24) is 10.6 Å². The minimum Gasteiger partial charge on any atom is -0.349 e. The SMILES string of the molecule is Cc1ccccc1C(NC(=O)C1CCNC1)C(C)C.Cl. The zero-order valence-electron chi connectivity index (χ0n) is 12.5. The summed E-state index contributed by atoms with van der Waals surface area (Å²) in [5.41, 5.74) is 2.47. The van der Waals surface area contributed by atoms with Crippen LogP contribution in [0.15, 0.2) is 24.3 Å². The first-order valence-corrected chi connectivity index (χ1v) is 7.16. The second-order valence-electron chi connectivity index (χ2n) is 5.78. The fourth-order valence-corrected chi connectivity index (χ4v) is 2.69. The maximum atomic E-state index is 12.3. The molecular weight excluding hydrogens is 272 g/mol. The molecule has 1 fully saturated rings. The number of aryl methyl sites for hydroxylation is 1. The molecule has 1 amide bonds. The van der Waals surface area contributed by atoms with Crippen molar-refractivity contribution in [3.05, 3.63) is 35.4 Å². The fourth-order valence-electron chi connectivity index (χ4n) is 2.69. The van der Waals surface area contributed by atoms with Crippen LogP contribution in [-0.2, 0) is 4.79 Å². The number of amides is 1. The highest BCUT2D eigenvalue weighted by atomic mass is 35.5. The molecule has 0 aromatic heterocycles. The molecule has 0 saturated carbocycles.